The highest BCUT2D eigenvalue weighted by Gasteiger charge is 2.22. The first-order chi connectivity index (χ1) is 9.10. The van der Waals surface area contributed by atoms with Crippen molar-refractivity contribution in [3.05, 3.63) is 35.1 Å². The van der Waals surface area contributed by atoms with Crippen molar-refractivity contribution in [2.45, 2.75) is 46.2 Å². The highest BCUT2D eigenvalue weighted by atomic mass is 19.1. The minimum atomic E-state index is -0.734. The Kier molecular flexibility index (Phi) is 4.87. The van der Waals surface area contributed by atoms with E-state index in [0.717, 1.165) is 5.56 Å². The third kappa shape index (κ3) is 4.64. The number of nitrogens with one attached hydrogen (secondary N) is 2. The predicted octanol–water partition coefficient (Wildman–Crippen LogP) is 2.17. The van der Waals surface area contributed by atoms with Gasteiger partial charge < -0.3 is 10.6 Å². The summed E-state index contributed by atoms with van der Waals surface area (Å²) >= 11 is 0. The number of aryl methyl sites for hydroxylation is 1. The first-order valence-corrected chi connectivity index (χ1v) is 6.49. The van der Waals surface area contributed by atoms with Crippen molar-refractivity contribution >= 4 is 11.8 Å². The van der Waals surface area contributed by atoms with Gasteiger partial charge in [0.25, 0.3) is 5.91 Å². The zero-order valence-electron chi connectivity index (χ0n) is 12.5. The van der Waals surface area contributed by atoms with E-state index in [9.17, 15) is 14.0 Å². The second-order valence-electron chi connectivity index (χ2n) is 5.92. The Morgan fingerprint density at radius 2 is 1.85 bits per heavy atom. The number of hydrogen-bond donors (Lipinski definition) is 2. The molecule has 1 rings (SSSR count). The van der Waals surface area contributed by atoms with Gasteiger partial charge in [-0.25, -0.2) is 4.39 Å². The molecule has 0 radical (unpaired) electrons. The number of halogens is 1. The normalized spacial score (nSPS) is 12.7. The van der Waals surface area contributed by atoms with Crippen LogP contribution in [0.5, 0.6) is 0 Å². The van der Waals surface area contributed by atoms with Gasteiger partial charge in [0.15, 0.2) is 0 Å². The van der Waals surface area contributed by atoms with E-state index in [1.807, 2.05) is 20.8 Å². The zero-order chi connectivity index (χ0) is 15.5. The van der Waals surface area contributed by atoms with Gasteiger partial charge >= 0.3 is 0 Å². The standard InChI is InChI=1S/C15H21FN2O2/c1-9-6-7-11(12(16)8-9)14(20)17-10(2)13(19)18-15(3,4)5/h6-8,10H,1-5H3,(H,17,20)(H,18,19). The number of amides is 2. The quantitative estimate of drug-likeness (QED) is 0.891. The first kappa shape index (κ1) is 16.1. The molecular weight excluding hydrogens is 259 g/mol. The van der Waals surface area contributed by atoms with Crippen molar-refractivity contribution in [2.75, 3.05) is 0 Å². The van der Waals surface area contributed by atoms with Crippen LogP contribution in [0.3, 0.4) is 0 Å². The third-order valence-corrected chi connectivity index (χ3v) is 2.61. The van der Waals surface area contributed by atoms with Gasteiger partial charge in [-0.1, -0.05) is 6.07 Å². The molecule has 1 aromatic carbocycles. The van der Waals surface area contributed by atoms with Crippen molar-refractivity contribution in [1.29, 1.82) is 0 Å². The van der Waals surface area contributed by atoms with E-state index in [-0.39, 0.29) is 17.0 Å². The van der Waals surface area contributed by atoms with Crippen LogP contribution in [0.2, 0.25) is 0 Å². The third-order valence-electron chi connectivity index (χ3n) is 2.61. The maximum absolute atomic E-state index is 13.7. The van der Waals surface area contributed by atoms with Crippen molar-refractivity contribution in [3.8, 4) is 0 Å². The molecule has 0 fully saturated rings. The molecule has 5 heteroatoms. The molecule has 110 valence electrons. The van der Waals surface area contributed by atoms with Gasteiger partial charge in [0.2, 0.25) is 5.91 Å². The average molecular weight is 280 g/mol. The Hall–Kier alpha value is -1.91. The van der Waals surface area contributed by atoms with Crippen LogP contribution in [-0.2, 0) is 4.79 Å². The van der Waals surface area contributed by atoms with Gasteiger partial charge in [0.1, 0.15) is 11.9 Å². The lowest BCUT2D eigenvalue weighted by Crippen LogP contribution is -2.50. The van der Waals surface area contributed by atoms with Crippen molar-refractivity contribution in [1.82, 2.24) is 10.6 Å². The van der Waals surface area contributed by atoms with Crippen molar-refractivity contribution in [2.24, 2.45) is 0 Å². The molecule has 2 amide bonds. The molecular formula is C15H21FN2O2. The highest BCUT2D eigenvalue weighted by molar-refractivity contribution is 5.97. The van der Waals surface area contributed by atoms with Crippen LogP contribution in [0.4, 0.5) is 4.39 Å². The van der Waals surface area contributed by atoms with Gasteiger partial charge in [-0.15, -0.1) is 0 Å². The molecule has 1 atom stereocenters. The average Bonchev–Trinajstić information content (AvgIpc) is 2.26. The molecule has 0 aliphatic carbocycles. The van der Waals surface area contributed by atoms with E-state index < -0.39 is 17.8 Å². The maximum atomic E-state index is 13.7. The van der Waals surface area contributed by atoms with E-state index in [0.29, 0.717) is 0 Å². The fourth-order valence-electron chi connectivity index (χ4n) is 1.62. The molecule has 2 N–H and O–H groups in total. The van der Waals surface area contributed by atoms with E-state index in [1.54, 1.807) is 19.9 Å². The number of benzene rings is 1. The Morgan fingerprint density at radius 1 is 1.25 bits per heavy atom. The minimum absolute atomic E-state index is 0.0639. The van der Waals surface area contributed by atoms with Crippen LogP contribution in [0.15, 0.2) is 18.2 Å². The lowest BCUT2D eigenvalue weighted by molar-refractivity contribution is -0.124. The Morgan fingerprint density at radius 3 is 2.35 bits per heavy atom. The Bertz CT molecular complexity index is 521. The van der Waals surface area contributed by atoms with Crippen molar-refractivity contribution < 1.29 is 14.0 Å². The van der Waals surface area contributed by atoms with Crippen LogP contribution >= 0.6 is 0 Å². The molecule has 0 aromatic heterocycles. The van der Waals surface area contributed by atoms with Crippen LogP contribution in [0.1, 0.15) is 43.6 Å². The second kappa shape index (κ2) is 6.03. The number of carbonyl (C=O) groups is 2. The highest BCUT2D eigenvalue weighted by Crippen LogP contribution is 2.10. The molecule has 0 spiro atoms. The van der Waals surface area contributed by atoms with Crippen LogP contribution in [-0.4, -0.2) is 23.4 Å². The van der Waals surface area contributed by atoms with E-state index in [4.69, 9.17) is 0 Å². The molecule has 0 aliphatic heterocycles. The summed E-state index contributed by atoms with van der Waals surface area (Å²) in [6, 6.07) is 3.61. The first-order valence-electron chi connectivity index (χ1n) is 6.49. The largest absolute Gasteiger partial charge is 0.350 e. The monoisotopic (exact) mass is 280 g/mol. The van der Waals surface area contributed by atoms with E-state index in [1.165, 1.54) is 12.1 Å². The Labute approximate surface area is 118 Å². The molecule has 1 aromatic rings. The topological polar surface area (TPSA) is 58.2 Å². The molecule has 0 saturated heterocycles. The second-order valence-corrected chi connectivity index (χ2v) is 5.92. The lowest BCUT2D eigenvalue weighted by atomic mass is 10.1. The minimum Gasteiger partial charge on any atom is -0.350 e. The van der Waals surface area contributed by atoms with Crippen molar-refractivity contribution in [3.63, 3.8) is 0 Å². The van der Waals surface area contributed by atoms with Crippen LogP contribution < -0.4 is 10.6 Å². The summed E-state index contributed by atoms with van der Waals surface area (Å²) in [6.07, 6.45) is 0. The summed E-state index contributed by atoms with van der Waals surface area (Å²) < 4.78 is 13.7. The number of rotatable bonds is 3. The van der Waals surface area contributed by atoms with Gasteiger partial charge in [0.05, 0.1) is 5.56 Å². The number of carbonyl (C=O) groups excluding carboxylic acids is 2. The molecule has 0 heterocycles. The SMILES string of the molecule is Cc1ccc(C(=O)NC(C)C(=O)NC(C)(C)C)c(F)c1. The summed E-state index contributed by atoms with van der Waals surface area (Å²) in [5, 5.41) is 5.24. The van der Waals surface area contributed by atoms with Gasteiger partial charge in [-0.2, -0.15) is 0 Å². The molecule has 1 unspecified atom stereocenters. The summed E-state index contributed by atoms with van der Waals surface area (Å²) in [5.74, 6) is -1.50. The Balaban J connectivity index is 2.73. The molecule has 20 heavy (non-hydrogen) atoms. The molecule has 0 saturated carbocycles. The van der Waals surface area contributed by atoms with Crippen LogP contribution in [0.25, 0.3) is 0 Å². The molecule has 0 bridgehead atoms. The van der Waals surface area contributed by atoms with E-state index >= 15 is 0 Å². The van der Waals surface area contributed by atoms with Gasteiger partial charge in [-0.05, 0) is 52.3 Å². The van der Waals surface area contributed by atoms with Gasteiger partial charge in [-0.3, -0.25) is 9.59 Å². The lowest BCUT2D eigenvalue weighted by Gasteiger charge is -2.23. The fourth-order valence-corrected chi connectivity index (χ4v) is 1.62. The zero-order valence-corrected chi connectivity index (χ0v) is 12.5. The summed E-state index contributed by atoms with van der Waals surface area (Å²) in [5.41, 5.74) is 0.286. The predicted molar refractivity (Wildman–Crippen MR) is 76.0 cm³/mol. The summed E-state index contributed by atoms with van der Waals surface area (Å²) in [4.78, 5) is 23.8. The number of hydrogen-bond acceptors (Lipinski definition) is 2. The smallest absolute Gasteiger partial charge is 0.254 e. The molecule has 4 nitrogen and oxygen atoms in total. The maximum Gasteiger partial charge on any atom is 0.254 e. The van der Waals surface area contributed by atoms with Crippen LogP contribution in [0, 0.1) is 12.7 Å². The van der Waals surface area contributed by atoms with Gasteiger partial charge in [0, 0.05) is 5.54 Å². The summed E-state index contributed by atoms with van der Waals surface area (Å²) in [7, 11) is 0. The fraction of sp³-hybridized carbons (Fsp3) is 0.467. The molecule has 0 aliphatic rings. The van der Waals surface area contributed by atoms with E-state index in [2.05, 4.69) is 10.6 Å². The summed E-state index contributed by atoms with van der Waals surface area (Å²) in [6.45, 7) is 8.84.